The summed E-state index contributed by atoms with van der Waals surface area (Å²) in [5.74, 6) is 2.38. The predicted molar refractivity (Wildman–Crippen MR) is 104 cm³/mol. The van der Waals surface area contributed by atoms with Gasteiger partial charge in [-0.2, -0.15) is 0 Å². The maximum atomic E-state index is 10.7. The highest BCUT2D eigenvalue weighted by atomic mass is 16.6. The third kappa shape index (κ3) is 3.96. The zero-order valence-corrected chi connectivity index (χ0v) is 15.6. The minimum absolute atomic E-state index is 0.543. The van der Waals surface area contributed by atoms with Crippen molar-refractivity contribution >= 4 is 5.69 Å². The number of aliphatic hydroxyl groups is 1. The maximum Gasteiger partial charge on any atom is 0.161 e. The highest BCUT2D eigenvalue weighted by molar-refractivity contribution is 5.58. The summed E-state index contributed by atoms with van der Waals surface area (Å²) < 4.78 is 16.6. The monoisotopic (exact) mass is 370 g/mol. The molecule has 2 heterocycles. The van der Waals surface area contributed by atoms with E-state index in [1.807, 2.05) is 36.4 Å². The number of piperazine rings is 1. The lowest BCUT2D eigenvalue weighted by Gasteiger charge is -2.37. The molecule has 6 nitrogen and oxygen atoms in total. The van der Waals surface area contributed by atoms with Crippen LogP contribution in [0.4, 0.5) is 5.69 Å². The van der Waals surface area contributed by atoms with Crippen LogP contribution in [0.3, 0.4) is 0 Å². The Bertz CT molecular complexity index is 775. The number of β-amino-alcohol motifs (C(OH)–C–C–N with tert-alkyl or cyclic N) is 1. The Morgan fingerprint density at radius 1 is 1.00 bits per heavy atom. The van der Waals surface area contributed by atoms with Gasteiger partial charge >= 0.3 is 0 Å². The van der Waals surface area contributed by atoms with Gasteiger partial charge in [-0.25, -0.2) is 0 Å². The third-order valence-electron chi connectivity index (χ3n) is 5.18. The van der Waals surface area contributed by atoms with Crippen LogP contribution in [0, 0.1) is 0 Å². The average Bonchev–Trinajstić information content (AvgIpc) is 2.74. The highest BCUT2D eigenvalue weighted by Gasteiger charge is 2.22. The van der Waals surface area contributed by atoms with Crippen molar-refractivity contribution in [3.63, 3.8) is 0 Å². The Hall–Kier alpha value is -2.44. The zero-order chi connectivity index (χ0) is 18.6. The Morgan fingerprint density at radius 3 is 2.52 bits per heavy atom. The van der Waals surface area contributed by atoms with E-state index in [1.165, 1.54) is 0 Å². The zero-order valence-electron chi connectivity index (χ0n) is 15.6. The largest absolute Gasteiger partial charge is 0.495 e. The quantitative estimate of drug-likeness (QED) is 0.872. The molecule has 27 heavy (non-hydrogen) atoms. The number of hydrogen-bond donors (Lipinski definition) is 1. The van der Waals surface area contributed by atoms with Gasteiger partial charge in [0.25, 0.3) is 0 Å². The van der Waals surface area contributed by atoms with Crippen LogP contribution >= 0.6 is 0 Å². The molecular weight excluding hydrogens is 344 g/mol. The normalized spacial score (nSPS) is 18.2. The lowest BCUT2D eigenvalue weighted by atomic mass is 10.1. The van der Waals surface area contributed by atoms with Crippen molar-refractivity contribution in [2.45, 2.75) is 6.10 Å². The molecule has 0 saturated carbocycles. The van der Waals surface area contributed by atoms with Crippen molar-refractivity contribution in [3.8, 4) is 17.2 Å². The number of nitrogens with zero attached hydrogens (tertiary/aromatic N) is 2. The summed E-state index contributed by atoms with van der Waals surface area (Å²) >= 11 is 0. The molecule has 0 aromatic heterocycles. The Balaban J connectivity index is 1.35. The van der Waals surface area contributed by atoms with Crippen LogP contribution in [0.15, 0.2) is 42.5 Å². The number of methoxy groups -OCH3 is 1. The molecule has 1 saturated heterocycles. The van der Waals surface area contributed by atoms with Crippen LogP contribution in [-0.2, 0) is 0 Å². The van der Waals surface area contributed by atoms with Crippen LogP contribution in [0.1, 0.15) is 11.7 Å². The summed E-state index contributed by atoms with van der Waals surface area (Å²) in [5, 5.41) is 10.7. The minimum atomic E-state index is -0.543. The number of ether oxygens (including phenoxy) is 3. The van der Waals surface area contributed by atoms with Crippen molar-refractivity contribution in [2.24, 2.45) is 0 Å². The van der Waals surface area contributed by atoms with Crippen molar-refractivity contribution in [1.82, 2.24) is 4.90 Å². The molecule has 0 spiro atoms. The molecule has 6 heteroatoms. The van der Waals surface area contributed by atoms with Crippen molar-refractivity contribution in [2.75, 3.05) is 57.9 Å². The van der Waals surface area contributed by atoms with Crippen molar-refractivity contribution in [3.05, 3.63) is 48.0 Å². The first kappa shape index (κ1) is 17.9. The van der Waals surface area contributed by atoms with Crippen LogP contribution in [0.2, 0.25) is 0 Å². The predicted octanol–water partition coefficient (Wildman–Crippen LogP) is 2.32. The number of fused-ring (bicyclic) bond motifs is 1. The standard InChI is InChI=1S/C21H26N2O4/c1-25-19-5-3-2-4-17(19)23-10-8-22(9-11-23)15-18(24)16-6-7-20-21(14-16)27-13-12-26-20/h2-7,14,18,24H,8-13,15H2,1H3. The topological polar surface area (TPSA) is 54.4 Å². The SMILES string of the molecule is COc1ccccc1N1CCN(CC(O)c2ccc3c(c2)OCCO3)CC1. The van der Waals surface area contributed by atoms with E-state index in [-0.39, 0.29) is 0 Å². The number of benzene rings is 2. The highest BCUT2D eigenvalue weighted by Crippen LogP contribution is 2.33. The number of anilines is 1. The molecule has 0 radical (unpaired) electrons. The second-order valence-corrected chi connectivity index (χ2v) is 6.88. The van der Waals surface area contributed by atoms with Gasteiger partial charge in [0, 0.05) is 32.7 Å². The lowest BCUT2D eigenvalue weighted by molar-refractivity contribution is 0.108. The van der Waals surface area contributed by atoms with E-state index in [9.17, 15) is 5.11 Å². The number of aliphatic hydroxyl groups excluding tert-OH is 1. The number of hydrogen-bond acceptors (Lipinski definition) is 6. The molecule has 2 aliphatic rings. The van der Waals surface area contributed by atoms with Gasteiger partial charge in [-0.3, -0.25) is 4.90 Å². The first-order valence-electron chi connectivity index (χ1n) is 9.42. The first-order valence-corrected chi connectivity index (χ1v) is 9.42. The third-order valence-corrected chi connectivity index (χ3v) is 5.18. The molecule has 1 unspecified atom stereocenters. The molecule has 144 valence electrons. The van der Waals surface area contributed by atoms with E-state index in [2.05, 4.69) is 15.9 Å². The molecule has 0 amide bonds. The summed E-state index contributed by atoms with van der Waals surface area (Å²) in [6.07, 6.45) is -0.543. The van der Waals surface area contributed by atoms with E-state index >= 15 is 0 Å². The van der Waals surface area contributed by atoms with E-state index in [0.29, 0.717) is 19.8 Å². The lowest BCUT2D eigenvalue weighted by Crippen LogP contribution is -2.47. The smallest absolute Gasteiger partial charge is 0.161 e. The van der Waals surface area contributed by atoms with Crippen LogP contribution in [-0.4, -0.2) is 63.1 Å². The van der Waals surface area contributed by atoms with Gasteiger partial charge in [0.05, 0.1) is 18.9 Å². The fourth-order valence-corrected chi connectivity index (χ4v) is 3.68. The first-order chi connectivity index (χ1) is 13.2. The molecule has 0 aliphatic carbocycles. The molecule has 1 N–H and O–H groups in total. The summed E-state index contributed by atoms with van der Waals surface area (Å²) in [6.45, 7) is 5.37. The van der Waals surface area contributed by atoms with Gasteiger partial charge < -0.3 is 24.2 Å². The second kappa shape index (κ2) is 8.06. The molecular formula is C21H26N2O4. The molecule has 0 bridgehead atoms. The molecule has 1 atom stereocenters. The number of rotatable bonds is 5. The molecule has 2 aromatic rings. The average molecular weight is 370 g/mol. The van der Waals surface area contributed by atoms with E-state index in [4.69, 9.17) is 14.2 Å². The van der Waals surface area contributed by atoms with Crippen LogP contribution in [0.5, 0.6) is 17.2 Å². The van der Waals surface area contributed by atoms with Gasteiger partial charge in [-0.15, -0.1) is 0 Å². The van der Waals surface area contributed by atoms with Crippen LogP contribution in [0.25, 0.3) is 0 Å². The van der Waals surface area contributed by atoms with Gasteiger partial charge in [0.2, 0.25) is 0 Å². The van der Waals surface area contributed by atoms with Crippen molar-refractivity contribution < 1.29 is 19.3 Å². The summed E-state index contributed by atoms with van der Waals surface area (Å²) in [6, 6.07) is 13.8. The maximum absolute atomic E-state index is 10.7. The molecule has 1 fully saturated rings. The Kier molecular flexibility index (Phi) is 5.36. The summed E-state index contributed by atoms with van der Waals surface area (Å²) in [4.78, 5) is 4.64. The number of para-hydroxylation sites is 2. The van der Waals surface area contributed by atoms with Gasteiger partial charge in [0.1, 0.15) is 19.0 Å². The summed E-state index contributed by atoms with van der Waals surface area (Å²) in [7, 11) is 1.71. The fourth-order valence-electron chi connectivity index (χ4n) is 3.68. The molecule has 4 rings (SSSR count). The second-order valence-electron chi connectivity index (χ2n) is 6.88. The van der Waals surface area contributed by atoms with Crippen molar-refractivity contribution in [1.29, 1.82) is 0 Å². The van der Waals surface area contributed by atoms with Gasteiger partial charge in [0.15, 0.2) is 11.5 Å². The summed E-state index contributed by atoms with van der Waals surface area (Å²) in [5.41, 5.74) is 2.00. The van der Waals surface area contributed by atoms with Gasteiger partial charge in [-0.1, -0.05) is 18.2 Å². The minimum Gasteiger partial charge on any atom is -0.495 e. The van der Waals surface area contributed by atoms with E-state index in [1.54, 1.807) is 7.11 Å². The Labute approximate surface area is 159 Å². The molecule has 2 aromatic carbocycles. The van der Waals surface area contributed by atoms with Gasteiger partial charge in [-0.05, 0) is 29.8 Å². The fraction of sp³-hybridized carbons (Fsp3) is 0.429. The van der Waals surface area contributed by atoms with Crippen LogP contribution < -0.4 is 19.1 Å². The van der Waals surface area contributed by atoms with E-state index < -0.39 is 6.10 Å². The van der Waals surface area contributed by atoms with E-state index in [0.717, 1.165) is 54.7 Å². The Morgan fingerprint density at radius 2 is 1.74 bits per heavy atom. The molecule has 2 aliphatic heterocycles.